The fraction of sp³-hybridized carbons (Fsp3) is 0.190. The lowest BCUT2D eigenvalue weighted by molar-refractivity contribution is -0.111. The second-order valence-electron chi connectivity index (χ2n) is 6.32. The van der Waals surface area contributed by atoms with E-state index >= 15 is 0 Å². The molecular formula is C21H23N5O. The normalized spacial score (nSPS) is 14.8. The van der Waals surface area contributed by atoms with Crippen LogP contribution in [-0.4, -0.2) is 23.1 Å². The molecular weight excluding hydrogens is 338 g/mol. The second-order valence-corrected chi connectivity index (χ2v) is 6.32. The molecule has 2 aromatic rings. The number of benzene rings is 1. The number of nitrogens with zero attached hydrogens (tertiary/aromatic N) is 2. The predicted octanol–water partition coefficient (Wildman–Crippen LogP) is 2.73. The summed E-state index contributed by atoms with van der Waals surface area (Å²) in [6, 6.07) is 9.70. The van der Waals surface area contributed by atoms with Gasteiger partial charge < -0.3 is 16.8 Å². The zero-order valence-electron chi connectivity index (χ0n) is 15.0. The SMILES string of the molecule is NC=C(C=NC1CC1)c1ccncc1/C=C/C(=O)Nc1ccc(CN)cc1. The van der Waals surface area contributed by atoms with Gasteiger partial charge in [-0.3, -0.25) is 14.8 Å². The minimum absolute atomic E-state index is 0.227. The van der Waals surface area contributed by atoms with E-state index < -0.39 is 0 Å². The summed E-state index contributed by atoms with van der Waals surface area (Å²) in [5.74, 6) is -0.227. The highest BCUT2D eigenvalue weighted by Crippen LogP contribution is 2.25. The van der Waals surface area contributed by atoms with Gasteiger partial charge in [-0.15, -0.1) is 0 Å². The number of aliphatic imine (C=N–C) groups is 1. The summed E-state index contributed by atoms with van der Waals surface area (Å²) < 4.78 is 0. The maximum absolute atomic E-state index is 12.2. The molecule has 0 aliphatic heterocycles. The van der Waals surface area contributed by atoms with Crippen LogP contribution < -0.4 is 16.8 Å². The summed E-state index contributed by atoms with van der Waals surface area (Å²) in [6.45, 7) is 0.471. The molecule has 0 radical (unpaired) electrons. The van der Waals surface area contributed by atoms with E-state index in [2.05, 4.69) is 15.3 Å². The Balaban J connectivity index is 1.71. The third-order valence-corrected chi connectivity index (χ3v) is 4.19. The first-order valence-corrected chi connectivity index (χ1v) is 8.87. The molecule has 1 aromatic carbocycles. The first-order chi connectivity index (χ1) is 13.2. The van der Waals surface area contributed by atoms with Crippen molar-refractivity contribution in [2.24, 2.45) is 16.5 Å². The van der Waals surface area contributed by atoms with Crippen LogP contribution in [0.4, 0.5) is 5.69 Å². The highest BCUT2D eigenvalue weighted by molar-refractivity contribution is 6.11. The number of rotatable bonds is 7. The molecule has 6 heteroatoms. The van der Waals surface area contributed by atoms with Gasteiger partial charge in [-0.2, -0.15) is 0 Å². The average Bonchev–Trinajstić information content (AvgIpc) is 3.53. The number of allylic oxidation sites excluding steroid dienone is 1. The van der Waals surface area contributed by atoms with Crippen LogP contribution in [-0.2, 0) is 11.3 Å². The zero-order valence-corrected chi connectivity index (χ0v) is 15.0. The lowest BCUT2D eigenvalue weighted by Gasteiger charge is -2.06. The molecule has 1 fully saturated rings. The Morgan fingerprint density at radius 1 is 1.26 bits per heavy atom. The monoisotopic (exact) mass is 361 g/mol. The third kappa shape index (κ3) is 5.36. The van der Waals surface area contributed by atoms with Crippen molar-refractivity contribution in [3.05, 3.63) is 71.7 Å². The number of pyridine rings is 1. The van der Waals surface area contributed by atoms with Crippen LogP contribution in [0.25, 0.3) is 11.6 Å². The van der Waals surface area contributed by atoms with E-state index in [1.54, 1.807) is 24.7 Å². The third-order valence-electron chi connectivity index (χ3n) is 4.19. The number of amides is 1. The number of nitrogens with one attached hydrogen (secondary N) is 1. The molecule has 3 rings (SSSR count). The van der Waals surface area contributed by atoms with Gasteiger partial charge in [0.25, 0.3) is 0 Å². The van der Waals surface area contributed by atoms with E-state index in [1.807, 2.05) is 30.3 Å². The van der Waals surface area contributed by atoms with Gasteiger partial charge in [0, 0.05) is 54.3 Å². The van der Waals surface area contributed by atoms with Crippen LogP contribution in [0.2, 0.25) is 0 Å². The van der Waals surface area contributed by atoms with Gasteiger partial charge >= 0.3 is 0 Å². The summed E-state index contributed by atoms with van der Waals surface area (Å²) in [7, 11) is 0. The second kappa shape index (κ2) is 8.91. The van der Waals surface area contributed by atoms with Gasteiger partial charge in [-0.1, -0.05) is 12.1 Å². The van der Waals surface area contributed by atoms with E-state index in [0.717, 1.165) is 35.1 Å². The number of carbonyl (C=O) groups is 1. The van der Waals surface area contributed by atoms with E-state index in [0.29, 0.717) is 18.3 Å². The molecule has 6 nitrogen and oxygen atoms in total. The number of anilines is 1. The fourth-order valence-electron chi connectivity index (χ4n) is 2.49. The van der Waals surface area contributed by atoms with Gasteiger partial charge in [0.05, 0.1) is 6.04 Å². The number of hydrogen-bond acceptors (Lipinski definition) is 5. The Labute approximate surface area is 158 Å². The predicted molar refractivity (Wildman–Crippen MR) is 110 cm³/mol. The molecule has 27 heavy (non-hydrogen) atoms. The van der Waals surface area contributed by atoms with Crippen LogP contribution in [0.3, 0.4) is 0 Å². The zero-order chi connectivity index (χ0) is 19.1. The van der Waals surface area contributed by atoms with Crippen LogP contribution in [0.15, 0.2) is 60.0 Å². The number of aromatic nitrogens is 1. The Bertz CT molecular complexity index is 880. The van der Waals surface area contributed by atoms with E-state index in [9.17, 15) is 4.79 Å². The minimum atomic E-state index is -0.227. The summed E-state index contributed by atoms with van der Waals surface area (Å²) >= 11 is 0. The van der Waals surface area contributed by atoms with Gasteiger partial charge in [-0.25, -0.2) is 0 Å². The van der Waals surface area contributed by atoms with E-state index in [-0.39, 0.29) is 5.91 Å². The molecule has 0 atom stereocenters. The minimum Gasteiger partial charge on any atom is -0.404 e. The Morgan fingerprint density at radius 2 is 2.04 bits per heavy atom. The van der Waals surface area contributed by atoms with Crippen molar-refractivity contribution in [2.45, 2.75) is 25.4 Å². The molecule has 1 heterocycles. The summed E-state index contributed by atoms with van der Waals surface area (Å²) in [5, 5.41) is 2.82. The molecule has 5 N–H and O–H groups in total. The van der Waals surface area contributed by atoms with E-state index in [4.69, 9.17) is 11.5 Å². The molecule has 138 valence electrons. The molecule has 0 spiro atoms. The maximum Gasteiger partial charge on any atom is 0.248 e. The van der Waals surface area contributed by atoms with Crippen molar-refractivity contribution in [2.75, 3.05) is 5.32 Å². The number of carbonyl (C=O) groups excluding carboxylic acids is 1. The highest BCUT2D eigenvalue weighted by atomic mass is 16.1. The summed E-state index contributed by atoms with van der Waals surface area (Å²) in [5.41, 5.74) is 15.6. The lowest BCUT2D eigenvalue weighted by Crippen LogP contribution is -2.08. The fourth-order valence-corrected chi connectivity index (χ4v) is 2.49. The number of nitrogens with two attached hydrogens (primary N) is 2. The molecule has 0 saturated heterocycles. The first kappa shape index (κ1) is 18.5. The Morgan fingerprint density at radius 3 is 2.70 bits per heavy atom. The largest absolute Gasteiger partial charge is 0.404 e. The molecule has 1 aliphatic rings. The van der Waals surface area contributed by atoms with Crippen molar-refractivity contribution < 1.29 is 4.79 Å². The van der Waals surface area contributed by atoms with Crippen LogP contribution in [0, 0.1) is 0 Å². The van der Waals surface area contributed by atoms with Crippen molar-refractivity contribution in [3.8, 4) is 0 Å². The topological polar surface area (TPSA) is 106 Å². The van der Waals surface area contributed by atoms with Crippen molar-refractivity contribution in [1.82, 2.24) is 4.98 Å². The highest BCUT2D eigenvalue weighted by Gasteiger charge is 2.19. The smallest absolute Gasteiger partial charge is 0.248 e. The molecule has 0 unspecified atom stereocenters. The van der Waals surface area contributed by atoms with Gasteiger partial charge in [0.2, 0.25) is 5.91 Å². The van der Waals surface area contributed by atoms with Crippen LogP contribution in [0.5, 0.6) is 0 Å². The first-order valence-electron chi connectivity index (χ1n) is 8.87. The molecule has 1 aromatic heterocycles. The standard InChI is InChI=1S/C21H23N5O/c22-11-15-1-4-19(5-2-15)26-21(27)8-3-16-13-24-10-9-20(16)17(12-23)14-25-18-6-7-18/h1-5,8-10,12-14,18H,6-7,11,22-23H2,(H,26,27)/b8-3+,17-12?,25-14?. The van der Waals surface area contributed by atoms with Crippen molar-refractivity contribution in [1.29, 1.82) is 0 Å². The van der Waals surface area contributed by atoms with Gasteiger partial charge in [0.1, 0.15) is 0 Å². The molecule has 1 aliphatic carbocycles. The molecule has 0 bridgehead atoms. The molecule has 1 saturated carbocycles. The maximum atomic E-state index is 12.2. The molecule has 1 amide bonds. The Kier molecular flexibility index (Phi) is 6.12. The average molecular weight is 361 g/mol. The Hall–Kier alpha value is -3.25. The summed E-state index contributed by atoms with van der Waals surface area (Å²) in [6.07, 6.45) is 12.2. The van der Waals surface area contributed by atoms with Crippen LogP contribution >= 0.6 is 0 Å². The van der Waals surface area contributed by atoms with Crippen molar-refractivity contribution >= 4 is 29.5 Å². The van der Waals surface area contributed by atoms with Gasteiger partial charge in [-0.05, 0) is 48.2 Å². The van der Waals surface area contributed by atoms with Crippen molar-refractivity contribution in [3.63, 3.8) is 0 Å². The van der Waals surface area contributed by atoms with E-state index in [1.165, 1.54) is 12.3 Å². The van der Waals surface area contributed by atoms with Gasteiger partial charge in [0.15, 0.2) is 0 Å². The quantitative estimate of drug-likeness (QED) is 0.521. The summed E-state index contributed by atoms with van der Waals surface area (Å²) in [4.78, 5) is 20.8. The number of hydrogen-bond donors (Lipinski definition) is 3. The lowest BCUT2D eigenvalue weighted by atomic mass is 10.0. The van der Waals surface area contributed by atoms with Crippen LogP contribution in [0.1, 0.15) is 29.5 Å².